The summed E-state index contributed by atoms with van der Waals surface area (Å²) in [5, 5.41) is 0. The fourth-order valence-electron chi connectivity index (χ4n) is 1.85. The number of aryl methyl sites for hydroxylation is 1. The van der Waals surface area contributed by atoms with Crippen molar-refractivity contribution in [3.8, 4) is 0 Å². The third-order valence-corrected chi connectivity index (χ3v) is 2.63. The molecule has 0 spiro atoms. The lowest BCUT2D eigenvalue weighted by atomic mass is 10.4. The zero-order chi connectivity index (χ0) is 15.6. The van der Waals surface area contributed by atoms with Gasteiger partial charge in [0.1, 0.15) is 24.6 Å². The van der Waals surface area contributed by atoms with Crippen molar-refractivity contribution in [3.63, 3.8) is 0 Å². The highest BCUT2D eigenvalue weighted by Crippen LogP contribution is 2.15. The summed E-state index contributed by atoms with van der Waals surface area (Å²) in [6.07, 6.45) is -3.80. The molecule has 0 aliphatic carbocycles. The summed E-state index contributed by atoms with van der Waals surface area (Å²) in [5.41, 5.74) is -1.13. The average Bonchev–Trinajstić information content (AvgIpc) is 2.77. The van der Waals surface area contributed by atoms with Crippen LogP contribution < -0.4 is 11.2 Å². The predicted molar refractivity (Wildman–Crippen MR) is 67.0 cm³/mol. The van der Waals surface area contributed by atoms with Crippen LogP contribution in [-0.2, 0) is 17.9 Å². The second-order valence-electron chi connectivity index (χ2n) is 4.40. The summed E-state index contributed by atoms with van der Waals surface area (Å²) >= 11 is 0. The molecule has 2 N–H and O–H groups in total. The van der Waals surface area contributed by atoms with Crippen LogP contribution in [-0.4, -0.2) is 32.3 Å². The first-order valence-electron chi connectivity index (χ1n) is 6.18. The molecular formula is C11H13F3N4O3. The highest BCUT2D eigenvalue weighted by atomic mass is 19.4. The summed E-state index contributed by atoms with van der Waals surface area (Å²) in [7, 11) is 0. The van der Waals surface area contributed by atoms with E-state index in [0.717, 1.165) is 0 Å². The molecule has 0 radical (unpaired) electrons. The highest BCUT2D eigenvalue weighted by molar-refractivity contribution is 5.69. The Morgan fingerprint density at radius 3 is 2.62 bits per heavy atom. The van der Waals surface area contributed by atoms with E-state index in [1.54, 1.807) is 0 Å². The molecule has 116 valence electrons. The number of alkyl halides is 3. The van der Waals surface area contributed by atoms with Crippen molar-refractivity contribution in [1.29, 1.82) is 0 Å². The minimum atomic E-state index is -4.44. The molecule has 0 atom stereocenters. The van der Waals surface area contributed by atoms with E-state index in [9.17, 15) is 22.8 Å². The summed E-state index contributed by atoms with van der Waals surface area (Å²) in [6.45, 7) is 0.319. The number of nitrogens with zero attached hydrogens (tertiary/aromatic N) is 2. The van der Waals surface area contributed by atoms with Crippen molar-refractivity contribution in [3.05, 3.63) is 26.7 Å². The molecule has 2 rings (SSSR count). The number of aromatic nitrogens is 4. The first-order chi connectivity index (χ1) is 9.81. The molecular weight excluding hydrogens is 293 g/mol. The van der Waals surface area contributed by atoms with E-state index in [1.807, 2.05) is 6.92 Å². The van der Waals surface area contributed by atoms with Gasteiger partial charge in [-0.05, 0) is 6.42 Å². The number of halogens is 3. The lowest BCUT2D eigenvalue weighted by Gasteiger charge is -2.05. The lowest BCUT2D eigenvalue weighted by Crippen LogP contribution is -2.30. The van der Waals surface area contributed by atoms with Crippen LogP contribution in [0.25, 0.3) is 11.2 Å². The number of imidazole rings is 1. The number of nitrogens with one attached hydrogen (secondary N) is 2. The number of rotatable bonds is 5. The molecule has 2 heterocycles. The third-order valence-electron chi connectivity index (χ3n) is 2.63. The maximum absolute atomic E-state index is 12.0. The van der Waals surface area contributed by atoms with Gasteiger partial charge >= 0.3 is 11.9 Å². The van der Waals surface area contributed by atoms with Gasteiger partial charge in [0.05, 0.1) is 0 Å². The van der Waals surface area contributed by atoms with Crippen molar-refractivity contribution in [2.24, 2.45) is 0 Å². The molecule has 2 aromatic rings. The molecule has 0 aliphatic rings. The van der Waals surface area contributed by atoms with E-state index < -0.39 is 30.6 Å². The van der Waals surface area contributed by atoms with Gasteiger partial charge in [-0.25, -0.2) is 9.78 Å². The van der Waals surface area contributed by atoms with Crippen molar-refractivity contribution in [1.82, 2.24) is 19.5 Å². The monoisotopic (exact) mass is 306 g/mol. The SMILES string of the molecule is CCCn1c(=O)[nH]c(=O)c2[nH]c(COCC(F)(F)F)nc21. The van der Waals surface area contributed by atoms with E-state index in [-0.39, 0.29) is 17.0 Å². The van der Waals surface area contributed by atoms with Crippen LogP contribution in [0.5, 0.6) is 0 Å². The molecule has 0 fully saturated rings. The molecule has 7 nitrogen and oxygen atoms in total. The van der Waals surface area contributed by atoms with E-state index >= 15 is 0 Å². The quantitative estimate of drug-likeness (QED) is 0.858. The second-order valence-corrected chi connectivity index (χ2v) is 4.40. The van der Waals surface area contributed by atoms with Crippen LogP contribution in [0.1, 0.15) is 19.2 Å². The summed E-state index contributed by atoms with van der Waals surface area (Å²) in [4.78, 5) is 32.0. The largest absolute Gasteiger partial charge is 0.411 e. The van der Waals surface area contributed by atoms with Gasteiger partial charge in [0.2, 0.25) is 0 Å². The fraction of sp³-hybridized carbons (Fsp3) is 0.545. The zero-order valence-electron chi connectivity index (χ0n) is 11.1. The normalized spacial score (nSPS) is 12.2. The third kappa shape index (κ3) is 3.51. The smallest absolute Gasteiger partial charge is 0.364 e. The number of fused-ring (bicyclic) bond motifs is 1. The van der Waals surface area contributed by atoms with E-state index in [2.05, 4.69) is 19.7 Å². The molecule has 0 unspecified atom stereocenters. The Labute approximate surface area is 115 Å². The van der Waals surface area contributed by atoms with Crippen LogP contribution in [0.4, 0.5) is 13.2 Å². The van der Waals surface area contributed by atoms with Gasteiger partial charge in [-0.15, -0.1) is 0 Å². The standard InChI is InChI=1S/C11H13F3N4O3/c1-2-3-18-8-7(9(19)17-10(18)20)15-6(16-8)4-21-5-11(12,13)14/h2-5H2,1H3,(H,15,16)(H,17,19,20). The van der Waals surface area contributed by atoms with E-state index in [4.69, 9.17) is 0 Å². The van der Waals surface area contributed by atoms with E-state index in [1.165, 1.54) is 4.57 Å². The minimum absolute atomic E-state index is 0.0358. The number of hydrogen-bond acceptors (Lipinski definition) is 4. The van der Waals surface area contributed by atoms with Crippen LogP contribution >= 0.6 is 0 Å². The summed E-state index contributed by atoms with van der Waals surface area (Å²) < 4.78 is 41.7. The number of hydrogen-bond donors (Lipinski definition) is 2. The Morgan fingerprint density at radius 2 is 2.00 bits per heavy atom. The van der Waals surface area contributed by atoms with Crippen LogP contribution in [0, 0.1) is 0 Å². The Hall–Kier alpha value is -2.10. The lowest BCUT2D eigenvalue weighted by molar-refractivity contribution is -0.177. The topological polar surface area (TPSA) is 92.8 Å². The summed E-state index contributed by atoms with van der Waals surface area (Å²) in [6, 6.07) is 0. The average molecular weight is 306 g/mol. The molecule has 0 saturated carbocycles. The van der Waals surface area contributed by atoms with E-state index in [0.29, 0.717) is 13.0 Å². The minimum Gasteiger partial charge on any atom is -0.364 e. The molecule has 0 amide bonds. The van der Waals surface area contributed by atoms with Crippen molar-refractivity contribution < 1.29 is 17.9 Å². The molecule has 0 aromatic carbocycles. The first-order valence-corrected chi connectivity index (χ1v) is 6.18. The Kier molecular flexibility index (Phi) is 4.16. The number of ether oxygens (including phenoxy) is 1. The maximum atomic E-state index is 12.0. The predicted octanol–water partition coefficient (Wildman–Crippen LogP) is 0.902. The Morgan fingerprint density at radius 1 is 1.29 bits per heavy atom. The van der Waals surface area contributed by atoms with Crippen LogP contribution in [0.3, 0.4) is 0 Å². The zero-order valence-corrected chi connectivity index (χ0v) is 11.1. The van der Waals surface area contributed by atoms with Gasteiger partial charge < -0.3 is 9.72 Å². The van der Waals surface area contributed by atoms with Crippen molar-refractivity contribution in [2.75, 3.05) is 6.61 Å². The Balaban J connectivity index is 2.32. The van der Waals surface area contributed by atoms with Crippen LogP contribution in [0.15, 0.2) is 9.59 Å². The van der Waals surface area contributed by atoms with Gasteiger partial charge in [0.25, 0.3) is 5.56 Å². The molecule has 21 heavy (non-hydrogen) atoms. The van der Waals surface area contributed by atoms with Crippen molar-refractivity contribution in [2.45, 2.75) is 32.7 Å². The van der Waals surface area contributed by atoms with Gasteiger partial charge in [0.15, 0.2) is 5.65 Å². The summed E-state index contributed by atoms with van der Waals surface area (Å²) in [5.74, 6) is 0.0511. The van der Waals surface area contributed by atoms with Gasteiger partial charge in [0, 0.05) is 6.54 Å². The number of H-pyrrole nitrogens is 2. The maximum Gasteiger partial charge on any atom is 0.411 e. The molecule has 0 aliphatic heterocycles. The van der Waals surface area contributed by atoms with Gasteiger partial charge in [-0.3, -0.25) is 14.3 Å². The molecule has 2 aromatic heterocycles. The first kappa shape index (κ1) is 15.3. The molecule has 10 heteroatoms. The second kappa shape index (κ2) is 5.72. The van der Waals surface area contributed by atoms with Gasteiger partial charge in [-0.2, -0.15) is 13.2 Å². The Bertz CT molecular complexity index is 744. The van der Waals surface area contributed by atoms with Crippen LogP contribution in [0.2, 0.25) is 0 Å². The fourth-order valence-corrected chi connectivity index (χ4v) is 1.85. The highest BCUT2D eigenvalue weighted by Gasteiger charge is 2.27. The molecule has 0 saturated heterocycles. The number of aromatic amines is 2. The van der Waals surface area contributed by atoms with Crippen molar-refractivity contribution >= 4 is 11.2 Å². The van der Waals surface area contributed by atoms with Gasteiger partial charge in [-0.1, -0.05) is 6.92 Å². The molecule has 0 bridgehead atoms.